The highest BCUT2D eigenvalue weighted by molar-refractivity contribution is 5.98. The van der Waals surface area contributed by atoms with E-state index in [1.165, 1.54) is 5.56 Å². The van der Waals surface area contributed by atoms with E-state index >= 15 is 0 Å². The lowest BCUT2D eigenvalue weighted by Gasteiger charge is -2.38. The minimum atomic E-state index is -0.240. The Hall–Kier alpha value is -3.60. The Kier molecular flexibility index (Phi) is 7.31. The molecule has 0 bridgehead atoms. The zero-order chi connectivity index (χ0) is 24.1. The van der Waals surface area contributed by atoms with Gasteiger partial charge in [-0.1, -0.05) is 61.5 Å². The van der Waals surface area contributed by atoms with Crippen LogP contribution >= 0.6 is 0 Å². The molecule has 1 amide bonds. The average molecular weight is 458 g/mol. The predicted octanol–water partition coefficient (Wildman–Crippen LogP) is 5.40. The minimum Gasteiger partial charge on any atom is -0.493 e. The molecule has 3 aromatic carbocycles. The largest absolute Gasteiger partial charge is 0.493 e. The van der Waals surface area contributed by atoms with Crippen LogP contribution in [0.1, 0.15) is 58.4 Å². The van der Waals surface area contributed by atoms with Crippen LogP contribution in [0.3, 0.4) is 0 Å². The second-order valence-electron chi connectivity index (χ2n) is 8.53. The number of nitrogens with zero attached hydrogens (tertiary/aromatic N) is 1. The lowest BCUT2D eigenvalue weighted by molar-refractivity contribution is -0.133. The molecule has 0 saturated carbocycles. The number of hydrogen-bond acceptors (Lipinski definition) is 4. The van der Waals surface area contributed by atoms with Crippen molar-refractivity contribution in [2.75, 3.05) is 20.8 Å². The summed E-state index contributed by atoms with van der Waals surface area (Å²) in [6.45, 7) is 2.67. The predicted molar refractivity (Wildman–Crippen MR) is 133 cm³/mol. The summed E-state index contributed by atoms with van der Waals surface area (Å²) in [7, 11) is 3.25. The monoisotopic (exact) mass is 457 g/mol. The molecule has 1 aliphatic rings. The van der Waals surface area contributed by atoms with Crippen molar-refractivity contribution in [1.82, 2.24) is 4.90 Å². The highest BCUT2D eigenvalue weighted by Crippen LogP contribution is 2.41. The van der Waals surface area contributed by atoms with E-state index in [4.69, 9.17) is 9.47 Å². The summed E-state index contributed by atoms with van der Waals surface area (Å²) < 4.78 is 11.0. The van der Waals surface area contributed by atoms with Gasteiger partial charge in [-0.2, -0.15) is 0 Å². The Bertz CT molecular complexity index is 1150. The Balaban J connectivity index is 1.59. The maximum absolute atomic E-state index is 13.4. The van der Waals surface area contributed by atoms with Crippen molar-refractivity contribution in [3.8, 4) is 11.5 Å². The van der Waals surface area contributed by atoms with Crippen molar-refractivity contribution in [3.05, 3.63) is 94.5 Å². The number of ether oxygens (including phenoxy) is 2. The molecule has 5 nitrogen and oxygen atoms in total. The first-order valence-electron chi connectivity index (χ1n) is 11.8. The lowest BCUT2D eigenvalue weighted by atomic mass is 9.87. The topological polar surface area (TPSA) is 55.8 Å². The van der Waals surface area contributed by atoms with Crippen LogP contribution in [0.2, 0.25) is 0 Å². The number of ketones is 1. The molecule has 0 aromatic heterocycles. The molecular formula is C29H31NO4. The van der Waals surface area contributed by atoms with Crippen molar-refractivity contribution in [3.63, 3.8) is 0 Å². The average Bonchev–Trinajstić information content (AvgIpc) is 2.90. The first-order valence-corrected chi connectivity index (χ1v) is 11.8. The molecule has 0 saturated heterocycles. The number of hydrogen-bond donors (Lipinski definition) is 0. The van der Waals surface area contributed by atoms with Crippen molar-refractivity contribution >= 4 is 11.7 Å². The van der Waals surface area contributed by atoms with Crippen LogP contribution in [0.5, 0.6) is 11.5 Å². The molecule has 0 N–H and O–H groups in total. The van der Waals surface area contributed by atoms with E-state index in [2.05, 4.69) is 6.92 Å². The minimum absolute atomic E-state index is 0.00363. The van der Waals surface area contributed by atoms with Gasteiger partial charge in [0.05, 0.1) is 20.3 Å². The fraction of sp³-hybridized carbons (Fsp3) is 0.310. The van der Waals surface area contributed by atoms with E-state index in [9.17, 15) is 9.59 Å². The van der Waals surface area contributed by atoms with Crippen molar-refractivity contribution in [2.45, 2.75) is 38.6 Å². The van der Waals surface area contributed by atoms with E-state index in [-0.39, 0.29) is 30.6 Å². The standard InChI is InChI=1S/C29H31NO4/c1-4-20-10-12-21(13-11-20)25(31)14-15-28(32)30-17-16-23-18-26(33-2)27(34-3)19-24(23)29(30)22-8-6-5-7-9-22/h5-13,18-19,29H,4,14-17H2,1-3H3. The second-order valence-corrected chi connectivity index (χ2v) is 8.53. The molecule has 0 aliphatic carbocycles. The molecule has 1 aliphatic heterocycles. The third-order valence-electron chi connectivity index (χ3n) is 6.56. The molecule has 0 radical (unpaired) electrons. The molecule has 176 valence electrons. The fourth-order valence-corrected chi connectivity index (χ4v) is 4.64. The highest BCUT2D eigenvalue weighted by Gasteiger charge is 2.33. The maximum atomic E-state index is 13.4. The molecule has 1 atom stereocenters. The number of aryl methyl sites for hydroxylation is 1. The lowest BCUT2D eigenvalue weighted by Crippen LogP contribution is -2.40. The Morgan fingerprint density at radius 2 is 1.59 bits per heavy atom. The second kappa shape index (κ2) is 10.6. The molecule has 1 heterocycles. The summed E-state index contributed by atoms with van der Waals surface area (Å²) in [4.78, 5) is 28.1. The van der Waals surface area contributed by atoms with Gasteiger partial charge in [0.25, 0.3) is 0 Å². The van der Waals surface area contributed by atoms with Crippen LogP contribution in [0.4, 0.5) is 0 Å². The summed E-state index contributed by atoms with van der Waals surface area (Å²) in [5, 5.41) is 0. The van der Waals surface area contributed by atoms with Gasteiger partial charge in [0.1, 0.15) is 0 Å². The summed E-state index contributed by atoms with van der Waals surface area (Å²) in [5.74, 6) is 1.30. The summed E-state index contributed by atoms with van der Waals surface area (Å²) >= 11 is 0. The third-order valence-corrected chi connectivity index (χ3v) is 6.56. The molecule has 0 fully saturated rings. The van der Waals surface area contributed by atoms with Crippen LogP contribution in [-0.2, 0) is 17.6 Å². The van der Waals surface area contributed by atoms with Crippen molar-refractivity contribution in [2.24, 2.45) is 0 Å². The number of rotatable bonds is 8. The van der Waals surface area contributed by atoms with Gasteiger partial charge in [-0.05, 0) is 47.2 Å². The number of fused-ring (bicyclic) bond motifs is 1. The third kappa shape index (κ3) is 4.84. The van der Waals surface area contributed by atoms with Gasteiger partial charge < -0.3 is 14.4 Å². The van der Waals surface area contributed by atoms with Crippen LogP contribution in [0.25, 0.3) is 0 Å². The quantitative estimate of drug-likeness (QED) is 0.425. The zero-order valence-electron chi connectivity index (χ0n) is 20.0. The van der Waals surface area contributed by atoms with Gasteiger partial charge in [0, 0.05) is 24.9 Å². The van der Waals surface area contributed by atoms with Gasteiger partial charge >= 0.3 is 0 Å². The van der Waals surface area contributed by atoms with Gasteiger partial charge in [-0.25, -0.2) is 0 Å². The number of benzene rings is 3. The summed E-state index contributed by atoms with van der Waals surface area (Å²) in [6, 6.07) is 21.4. The molecule has 0 spiro atoms. The smallest absolute Gasteiger partial charge is 0.223 e. The number of carbonyl (C=O) groups excluding carboxylic acids is 2. The molecular weight excluding hydrogens is 426 g/mol. The number of carbonyl (C=O) groups is 2. The molecule has 3 aromatic rings. The first kappa shape index (κ1) is 23.6. The molecule has 5 heteroatoms. The number of Topliss-reactive ketones (excluding diaryl/α,β-unsaturated/α-hetero) is 1. The Morgan fingerprint density at radius 3 is 2.24 bits per heavy atom. The van der Waals surface area contributed by atoms with Crippen LogP contribution in [0.15, 0.2) is 66.7 Å². The molecule has 4 rings (SSSR count). The van der Waals surface area contributed by atoms with Crippen molar-refractivity contribution in [1.29, 1.82) is 0 Å². The molecule has 1 unspecified atom stereocenters. The van der Waals surface area contributed by atoms with Gasteiger partial charge in [0.15, 0.2) is 17.3 Å². The van der Waals surface area contributed by atoms with Crippen molar-refractivity contribution < 1.29 is 19.1 Å². The summed E-state index contributed by atoms with van der Waals surface area (Å²) in [6.07, 6.45) is 2.03. The molecule has 34 heavy (non-hydrogen) atoms. The van der Waals surface area contributed by atoms with Crippen LogP contribution < -0.4 is 9.47 Å². The number of amides is 1. The SMILES string of the molecule is CCc1ccc(C(=O)CCC(=O)N2CCc3cc(OC)c(OC)cc3C2c2ccccc2)cc1. The van der Waals surface area contributed by atoms with E-state index < -0.39 is 0 Å². The zero-order valence-corrected chi connectivity index (χ0v) is 20.0. The highest BCUT2D eigenvalue weighted by atomic mass is 16.5. The maximum Gasteiger partial charge on any atom is 0.223 e. The first-order chi connectivity index (χ1) is 16.5. The van der Waals surface area contributed by atoms with E-state index in [0.29, 0.717) is 23.6 Å². The normalized spacial score (nSPS) is 14.9. The van der Waals surface area contributed by atoms with Gasteiger partial charge in [-0.15, -0.1) is 0 Å². The van der Waals surface area contributed by atoms with E-state index in [1.807, 2.05) is 71.6 Å². The fourth-order valence-electron chi connectivity index (χ4n) is 4.64. The van der Waals surface area contributed by atoms with E-state index in [1.54, 1.807) is 14.2 Å². The van der Waals surface area contributed by atoms with Gasteiger partial charge in [0.2, 0.25) is 5.91 Å². The van der Waals surface area contributed by atoms with Crippen LogP contribution in [0, 0.1) is 0 Å². The Labute approximate surface area is 201 Å². The Morgan fingerprint density at radius 1 is 0.912 bits per heavy atom. The van der Waals surface area contributed by atoms with Gasteiger partial charge in [-0.3, -0.25) is 9.59 Å². The van der Waals surface area contributed by atoms with E-state index in [0.717, 1.165) is 29.5 Å². The summed E-state index contributed by atoms with van der Waals surface area (Å²) in [5.41, 5.74) is 5.06. The van der Waals surface area contributed by atoms with Crippen LogP contribution in [-0.4, -0.2) is 37.4 Å². The number of methoxy groups -OCH3 is 2.